The first kappa shape index (κ1) is 7.80. The molecule has 2 atom stereocenters. The molecule has 1 aliphatic rings. The highest BCUT2D eigenvalue weighted by molar-refractivity contribution is 8.00. The summed E-state index contributed by atoms with van der Waals surface area (Å²) in [4.78, 5) is 2.35. The molecule has 1 aliphatic heterocycles. The zero-order valence-electron chi connectivity index (χ0n) is 5.43. The van der Waals surface area contributed by atoms with Gasteiger partial charge in [0.15, 0.2) is 0 Å². The summed E-state index contributed by atoms with van der Waals surface area (Å²) in [6, 6.07) is 0. The van der Waals surface area contributed by atoms with Crippen LogP contribution in [-0.2, 0) is 4.94 Å². The Morgan fingerprint density at radius 3 is 3.10 bits per heavy atom. The van der Waals surface area contributed by atoms with Gasteiger partial charge in [-0.05, 0) is 10.9 Å². The lowest BCUT2D eigenvalue weighted by Crippen LogP contribution is -2.41. The molecule has 0 saturated carbocycles. The molecule has 1 rings (SSSR count). The smallest absolute Gasteiger partial charge is 0.249 e. The minimum atomic E-state index is -1.74. The maximum Gasteiger partial charge on any atom is 0.249 e. The van der Waals surface area contributed by atoms with E-state index >= 15 is 0 Å². The predicted molar refractivity (Wildman–Crippen MR) is 36.9 cm³/mol. The molecule has 0 fully saturated rings. The van der Waals surface area contributed by atoms with E-state index in [1.807, 2.05) is 6.92 Å². The van der Waals surface area contributed by atoms with Crippen molar-refractivity contribution in [3.05, 3.63) is 5.21 Å². The van der Waals surface area contributed by atoms with Crippen LogP contribution in [0.4, 0.5) is 0 Å². The average molecular weight is 164 g/mol. The summed E-state index contributed by atoms with van der Waals surface area (Å²) in [5.41, 5.74) is 0. The molecular weight excluding hydrogens is 156 g/mol. The van der Waals surface area contributed by atoms with Crippen LogP contribution in [0.15, 0.2) is 5.16 Å². The van der Waals surface area contributed by atoms with Crippen LogP contribution in [0.5, 0.6) is 0 Å². The highest BCUT2D eigenvalue weighted by atomic mass is 32.2. The Kier molecular flexibility index (Phi) is 2.14. The van der Waals surface area contributed by atoms with Crippen molar-refractivity contribution in [2.45, 2.75) is 12.3 Å². The molecule has 6 heteroatoms. The van der Waals surface area contributed by atoms with Crippen LogP contribution < -0.4 is 0 Å². The van der Waals surface area contributed by atoms with Crippen molar-refractivity contribution < 1.29 is 15.1 Å². The maximum absolute atomic E-state index is 10.7. The fraction of sp³-hybridized carbons (Fsp3) is 0.750. The van der Waals surface area contributed by atoms with Gasteiger partial charge in [-0.1, -0.05) is 18.7 Å². The normalized spacial score (nSPS) is 38.1. The van der Waals surface area contributed by atoms with Crippen molar-refractivity contribution in [1.29, 1.82) is 0 Å². The van der Waals surface area contributed by atoms with Gasteiger partial charge in [0.2, 0.25) is 5.37 Å². The highest BCUT2D eigenvalue weighted by Gasteiger charge is 2.35. The summed E-state index contributed by atoms with van der Waals surface area (Å²) in [5.74, 6) is 0.739. The Morgan fingerprint density at radius 2 is 2.70 bits per heavy atom. The highest BCUT2D eigenvalue weighted by Crippen LogP contribution is 2.23. The lowest BCUT2D eigenvalue weighted by Gasteiger charge is -2.26. The minimum absolute atomic E-state index is 0.634. The van der Waals surface area contributed by atoms with Crippen molar-refractivity contribution in [2.24, 2.45) is 5.16 Å². The van der Waals surface area contributed by atoms with E-state index in [4.69, 9.17) is 5.21 Å². The van der Waals surface area contributed by atoms with Crippen LogP contribution in [0, 0.1) is 5.21 Å². The summed E-state index contributed by atoms with van der Waals surface area (Å²) in [7, 11) is 0. The van der Waals surface area contributed by atoms with E-state index in [9.17, 15) is 5.21 Å². The van der Waals surface area contributed by atoms with E-state index < -0.39 is 10.3 Å². The Balaban J connectivity index is 2.50. The van der Waals surface area contributed by atoms with Gasteiger partial charge in [0, 0.05) is 4.97 Å². The molecule has 58 valence electrons. The largest absolute Gasteiger partial charge is 0.552 e. The SMILES string of the molecule is CCSC1C=NO[N+]1([O-])O. The monoisotopic (exact) mass is 164 g/mol. The van der Waals surface area contributed by atoms with Gasteiger partial charge in [-0.25, -0.2) is 0 Å². The standard InChI is InChI=1S/C4H8N2O3S/c1-2-10-4-3-5-9-6(4,7)8/h3-4,7H,2H2,1H3. The second kappa shape index (κ2) is 2.75. The van der Waals surface area contributed by atoms with Gasteiger partial charge in [-0.3, -0.25) is 0 Å². The number of nitrogens with zero attached hydrogens (tertiary/aromatic N) is 2. The van der Waals surface area contributed by atoms with Gasteiger partial charge in [-0.2, -0.15) is 10.1 Å². The number of rotatable bonds is 2. The molecule has 0 bridgehead atoms. The summed E-state index contributed by atoms with van der Waals surface area (Å²) >= 11 is 1.28. The van der Waals surface area contributed by atoms with Crippen LogP contribution >= 0.6 is 11.8 Å². The maximum atomic E-state index is 10.7. The van der Waals surface area contributed by atoms with E-state index in [2.05, 4.69) is 10.1 Å². The van der Waals surface area contributed by atoms with Crippen LogP contribution in [0.25, 0.3) is 0 Å². The second-order valence-corrected chi connectivity index (χ2v) is 3.14. The van der Waals surface area contributed by atoms with Crippen molar-refractivity contribution >= 4 is 18.0 Å². The van der Waals surface area contributed by atoms with Crippen LogP contribution in [0.2, 0.25) is 0 Å². The van der Waals surface area contributed by atoms with E-state index in [1.165, 1.54) is 18.0 Å². The first-order valence-electron chi connectivity index (χ1n) is 2.83. The Labute approximate surface area is 62.3 Å². The lowest BCUT2D eigenvalue weighted by molar-refractivity contribution is -1.21. The first-order chi connectivity index (χ1) is 4.67. The molecule has 0 aromatic rings. The average Bonchev–Trinajstić information content (AvgIpc) is 2.13. The molecular formula is C4H8N2O3S. The Morgan fingerprint density at radius 1 is 2.00 bits per heavy atom. The minimum Gasteiger partial charge on any atom is -0.552 e. The number of thioether (sulfide) groups is 1. The molecule has 0 aliphatic carbocycles. The second-order valence-electron chi connectivity index (χ2n) is 1.75. The molecule has 0 amide bonds. The summed E-state index contributed by atoms with van der Waals surface area (Å²) in [6.07, 6.45) is 1.29. The van der Waals surface area contributed by atoms with Gasteiger partial charge in [-0.15, -0.1) is 0 Å². The first-order valence-corrected chi connectivity index (χ1v) is 3.88. The summed E-state index contributed by atoms with van der Waals surface area (Å²) < 4.78 is 0. The van der Waals surface area contributed by atoms with E-state index in [0.29, 0.717) is 0 Å². The summed E-state index contributed by atoms with van der Waals surface area (Å²) in [6.45, 7) is 1.89. The number of oxime groups is 1. The molecule has 1 heterocycles. The van der Waals surface area contributed by atoms with Gasteiger partial charge in [0.1, 0.15) is 6.21 Å². The topological polar surface area (TPSA) is 64.9 Å². The number of hydrogen-bond donors (Lipinski definition) is 1. The third-order valence-corrected chi connectivity index (χ3v) is 2.07. The fourth-order valence-electron chi connectivity index (χ4n) is 0.586. The van der Waals surface area contributed by atoms with Gasteiger partial charge in [0.25, 0.3) is 0 Å². The Bertz CT molecular complexity index is 149. The van der Waals surface area contributed by atoms with Gasteiger partial charge >= 0.3 is 0 Å². The zero-order valence-corrected chi connectivity index (χ0v) is 6.24. The molecule has 0 aromatic heterocycles. The van der Waals surface area contributed by atoms with E-state index in [0.717, 1.165) is 5.75 Å². The van der Waals surface area contributed by atoms with Crippen molar-refractivity contribution in [2.75, 3.05) is 5.75 Å². The molecule has 0 radical (unpaired) electrons. The Hall–Kier alpha value is -0.300. The third-order valence-electron chi connectivity index (χ3n) is 1.01. The summed E-state index contributed by atoms with van der Waals surface area (Å²) in [5, 5.41) is 22.1. The molecule has 2 unspecified atom stereocenters. The lowest BCUT2D eigenvalue weighted by atomic mass is 10.7. The quantitative estimate of drug-likeness (QED) is 0.482. The molecule has 0 spiro atoms. The van der Waals surface area contributed by atoms with Crippen molar-refractivity contribution in [3.8, 4) is 0 Å². The molecule has 0 saturated heterocycles. The molecule has 10 heavy (non-hydrogen) atoms. The van der Waals surface area contributed by atoms with Crippen LogP contribution in [0.1, 0.15) is 6.92 Å². The molecule has 0 aromatic carbocycles. The van der Waals surface area contributed by atoms with Gasteiger partial charge in [0.05, 0.1) is 0 Å². The van der Waals surface area contributed by atoms with E-state index in [1.54, 1.807) is 0 Å². The van der Waals surface area contributed by atoms with Crippen LogP contribution in [-0.4, -0.2) is 27.5 Å². The van der Waals surface area contributed by atoms with Gasteiger partial charge < -0.3 is 5.21 Å². The zero-order chi connectivity index (χ0) is 7.61. The van der Waals surface area contributed by atoms with Crippen LogP contribution in [0.3, 0.4) is 0 Å². The number of hydrogen-bond acceptors (Lipinski definition) is 5. The predicted octanol–water partition coefficient (Wildman–Crippen LogP) is 0.700. The number of hydroxylamine groups is 3. The van der Waals surface area contributed by atoms with Crippen molar-refractivity contribution in [1.82, 2.24) is 0 Å². The molecule has 1 N–H and O–H groups in total. The third kappa shape index (κ3) is 1.40. The number of quaternary nitrogens is 1. The van der Waals surface area contributed by atoms with E-state index in [-0.39, 0.29) is 0 Å². The molecule has 5 nitrogen and oxygen atoms in total. The van der Waals surface area contributed by atoms with Crippen molar-refractivity contribution in [3.63, 3.8) is 0 Å². The fourth-order valence-corrected chi connectivity index (χ4v) is 1.29.